The maximum Gasteiger partial charge on any atom is 0.0885 e. The minimum atomic E-state index is 0.650. The molecule has 0 radical (unpaired) electrons. The summed E-state index contributed by atoms with van der Waals surface area (Å²) in [6.45, 7) is 7.67. The van der Waals surface area contributed by atoms with Gasteiger partial charge in [-0.15, -0.1) is 0 Å². The fraction of sp³-hybridized carbons (Fsp3) is 0.750. The summed E-state index contributed by atoms with van der Waals surface area (Å²) >= 11 is 0. The summed E-state index contributed by atoms with van der Waals surface area (Å²) in [4.78, 5) is 0. The molecular weight excluding hydrogens is 202 g/mol. The van der Waals surface area contributed by atoms with Gasteiger partial charge in [-0.25, -0.2) is 0 Å². The molecular formula is C12H23N3O. The fourth-order valence-corrected chi connectivity index (χ4v) is 1.50. The van der Waals surface area contributed by atoms with Gasteiger partial charge in [-0.3, -0.25) is 4.68 Å². The third-order valence-corrected chi connectivity index (χ3v) is 2.49. The number of hydrogen-bond donors (Lipinski definition) is 1. The highest BCUT2D eigenvalue weighted by atomic mass is 16.5. The lowest BCUT2D eigenvalue weighted by atomic mass is 10.3. The first-order valence-electron chi connectivity index (χ1n) is 6.08. The van der Waals surface area contributed by atoms with Crippen LogP contribution in [-0.2, 0) is 24.8 Å². The van der Waals surface area contributed by atoms with Crippen LogP contribution >= 0.6 is 0 Å². The van der Waals surface area contributed by atoms with Crippen LogP contribution in [0.1, 0.15) is 31.7 Å². The Kier molecular flexibility index (Phi) is 6.11. The van der Waals surface area contributed by atoms with E-state index in [2.05, 4.69) is 30.3 Å². The second-order valence-electron chi connectivity index (χ2n) is 3.91. The van der Waals surface area contributed by atoms with Crippen LogP contribution in [0.5, 0.6) is 0 Å². The van der Waals surface area contributed by atoms with Crippen molar-refractivity contribution in [3.8, 4) is 0 Å². The number of nitrogens with zero attached hydrogens (tertiary/aromatic N) is 2. The van der Waals surface area contributed by atoms with Gasteiger partial charge in [-0.2, -0.15) is 5.10 Å². The van der Waals surface area contributed by atoms with Crippen molar-refractivity contribution < 1.29 is 4.74 Å². The maximum atomic E-state index is 5.58. The lowest BCUT2D eigenvalue weighted by Crippen LogP contribution is -2.20. The zero-order valence-electron chi connectivity index (χ0n) is 10.6. The number of nitrogens with one attached hydrogen (secondary N) is 1. The van der Waals surface area contributed by atoms with E-state index in [4.69, 9.17) is 4.74 Å². The van der Waals surface area contributed by atoms with Crippen molar-refractivity contribution >= 4 is 0 Å². The van der Waals surface area contributed by atoms with Crippen molar-refractivity contribution in [2.75, 3.05) is 19.7 Å². The van der Waals surface area contributed by atoms with Crippen molar-refractivity contribution in [1.82, 2.24) is 15.1 Å². The van der Waals surface area contributed by atoms with Gasteiger partial charge in [0, 0.05) is 13.6 Å². The molecule has 0 aliphatic rings. The Morgan fingerprint density at radius 3 is 2.81 bits per heavy atom. The van der Waals surface area contributed by atoms with E-state index in [9.17, 15) is 0 Å². The van der Waals surface area contributed by atoms with Crippen LogP contribution in [0, 0.1) is 0 Å². The van der Waals surface area contributed by atoms with Gasteiger partial charge in [0.15, 0.2) is 0 Å². The monoisotopic (exact) mass is 225 g/mol. The number of aryl methyl sites for hydroxylation is 2. The summed E-state index contributed by atoms with van der Waals surface area (Å²) in [5.74, 6) is 0. The van der Waals surface area contributed by atoms with Crippen LogP contribution in [0.4, 0.5) is 0 Å². The van der Waals surface area contributed by atoms with E-state index in [1.807, 2.05) is 11.7 Å². The smallest absolute Gasteiger partial charge is 0.0885 e. The molecule has 0 aliphatic heterocycles. The van der Waals surface area contributed by atoms with Crippen molar-refractivity contribution in [2.45, 2.75) is 33.3 Å². The molecule has 4 nitrogen and oxygen atoms in total. The molecule has 1 heterocycles. The normalized spacial score (nSPS) is 10.9. The summed E-state index contributed by atoms with van der Waals surface area (Å²) in [5, 5.41) is 7.68. The maximum absolute atomic E-state index is 5.58. The third kappa shape index (κ3) is 4.33. The van der Waals surface area contributed by atoms with Gasteiger partial charge in [0.25, 0.3) is 0 Å². The molecule has 1 N–H and O–H groups in total. The van der Waals surface area contributed by atoms with Crippen LogP contribution in [0.25, 0.3) is 0 Å². The Bertz CT molecular complexity index is 296. The summed E-state index contributed by atoms with van der Waals surface area (Å²) < 4.78 is 7.48. The molecule has 0 fully saturated rings. The lowest BCUT2D eigenvalue weighted by Gasteiger charge is -2.05. The molecule has 0 aliphatic carbocycles. The van der Waals surface area contributed by atoms with Gasteiger partial charge in [-0.1, -0.05) is 13.8 Å². The highest BCUT2D eigenvalue weighted by Gasteiger charge is 2.03. The number of rotatable bonds is 8. The van der Waals surface area contributed by atoms with Crippen molar-refractivity contribution in [1.29, 1.82) is 0 Å². The quantitative estimate of drug-likeness (QED) is 0.681. The number of aromatic nitrogens is 2. The Morgan fingerprint density at radius 1 is 1.38 bits per heavy atom. The molecule has 0 bridgehead atoms. The SMILES string of the molecule is CCCNCCOCc1cc(CC)nn1C. The predicted molar refractivity (Wildman–Crippen MR) is 65.4 cm³/mol. The first-order chi connectivity index (χ1) is 7.77. The van der Waals surface area contributed by atoms with Crippen molar-refractivity contribution in [3.05, 3.63) is 17.5 Å². The van der Waals surface area contributed by atoms with Gasteiger partial charge < -0.3 is 10.1 Å². The van der Waals surface area contributed by atoms with E-state index in [0.29, 0.717) is 6.61 Å². The van der Waals surface area contributed by atoms with E-state index >= 15 is 0 Å². The minimum Gasteiger partial charge on any atom is -0.374 e. The molecule has 0 unspecified atom stereocenters. The molecule has 0 spiro atoms. The number of hydrogen-bond acceptors (Lipinski definition) is 3. The number of ether oxygens (including phenoxy) is 1. The Hall–Kier alpha value is -0.870. The van der Waals surface area contributed by atoms with Crippen LogP contribution in [0.3, 0.4) is 0 Å². The summed E-state index contributed by atoms with van der Waals surface area (Å²) in [5.41, 5.74) is 2.28. The molecule has 0 atom stereocenters. The van der Waals surface area contributed by atoms with Crippen molar-refractivity contribution in [2.24, 2.45) is 7.05 Å². The summed E-state index contributed by atoms with van der Waals surface area (Å²) in [6, 6.07) is 2.11. The van der Waals surface area contributed by atoms with Gasteiger partial charge in [0.1, 0.15) is 0 Å². The molecule has 1 aromatic heterocycles. The topological polar surface area (TPSA) is 39.1 Å². The zero-order chi connectivity index (χ0) is 11.8. The average Bonchev–Trinajstić information content (AvgIpc) is 2.65. The van der Waals surface area contributed by atoms with E-state index < -0.39 is 0 Å². The first-order valence-corrected chi connectivity index (χ1v) is 6.08. The van der Waals surface area contributed by atoms with Gasteiger partial charge in [0.05, 0.1) is 24.6 Å². The van der Waals surface area contributed by atoms with Crippen LogP contribution in [0.15, 0.2) is 6.07 Å². The Morgan fingerprint density at radius 2 is 2.19 bits per heavy atom. The Balaban J connectivity index is 2.18. The third-order valence-electron chi connectivity index (χ3n) is 2.49. The molecule has 0 amide bonds. The highest BCUT2D eigenvalue weighted by Crippen LogP contribution is 2.04. The fourth-order valence-electron chi connectivity index (χ4n) is 1.50. The van der Waals surface area contributed by atoms with Crippen molar-refractivity contribution in [3.63, 3.8) is 0 Å². The molecule has 0 saturated heterocycles. The van der Waals surface area contributed by atoms with Crippen LogP contribution in [0.2, 0.25) is 0 Å². The first kappa shape index (κ1) is 13.2. The second kappa shape index (κ2) is 7.41. The second-order valence-corrected chi connectivity index (χ2v) is 3.91. The summed E-state index contributed by atoms with van der Waals surface area (Å²) in [7, 11) is 1.97. The molecule has 92 valence electrons. The molecule has 4 heteroatoms. The largest absolute Gasteiger partial charge is 0.374 e. The van der Waals surface area contributed by atoms with Gasteiger partial charge in [-0.05, 0) is 25.5 Å². The standard InChI is InChI=1S/C12H23N3O/c1-4-6-13-7-8-16-10-12-9-11(5-2)14-15(12)3/h9,13H,4-8,10H2,1-3H3. The lowest BCUT2D eigenvalue weighted by molar-refractivity contribution is 0.117. The molecule has 1 rings (SSSR count). The minimum absolute atomic E-state index is 0.650. The molecule has 16 heavy (non-hydrogen) atoms. The average molecular weight is 225 g/mol. The van der Waals surface area contributed by atoms with E-state index in [1.165, 1.54) is 6.42 Å². The van der Waals surface area contributed by atoms with Gasteiger partial charge >= 0.3 is 0 Å². The molecule has 1 aromatic rings. The van der Waals surface area contributed by atoms with Crippen LogP contribution in [-0.4, -0.2) is 29.5 Å². The predicted octanol–water partition coefficient (Wildman–Crippen LogP) is 1.50. The highest BCUT2D eigenvalue weighted by molar-refractivity contribution is 5.09. The van der Waals surface area contributed by atoms with E-state index in [-0.39, 0.29) is 0 Å². The van der Waals surface area contributed by atoms with E-state index in [1.54, 1.807) is 0 Å². The van der Waals surface area contributed by atoms with Crippen LogP contribution < -0.4 is 5.32 Å². The molecule has 0 aromatic carbocycles. The molecule has 0 saturated carbocycles. The zero-order valence-corrected chi connectivity index (χ0v) is 10.6. The Labute approximate surface area is 98.0 Å². The van der Waals surface area contributed by atoms with Gasteiger partial charge in [0.2, 0.25) is 0 Å². The summed E-state index contributed by atoms with van der Waals surface area (Å²) in [6.07, 6.45) is 2.15. The van der Waals surface area contributed by atoms with E-state index in [0.717, 1.165) is 37.5 Å².